The van der Waals surface area contributed by atoms with Crippen molar-refractivity contribution in [1.29, 1.82) is 0 Å². The van der Waals surface area contributed by atoms with Crippen molar-refractivity contribution < 1.29 is 14.3 Å². The van der Waals surface area contributed by atoms with Crippen LogP contribution in [0.3, 0.4) is 0 Å². The maximum atomic E-state index is 13.4. The van der Waals surface area contributed by atoms with E-state index in [0.29, 0.717) is 41.3 Å². The minimum absolute atomic E-state index is 0.122. The number of rotatable bonds is 12. The van der Waals surface area contributed by atoms with Gasteiger partial charge in [0.1, 0.15) is 0 Å². The summed E-state index contributed by atoms with van der Waals surface area (Å²) in [6.45, 7) is 1.66. The molecule has 196 valence electrons. The minimum Gasteiger partial charge on any atom is -0.383 e. The lowest BCUT2D eigenvalue weighted by atomic mass is 10.1. The zero-order valence-corrected chi connectivity index (χ0v) is 22.0. The molecule has 0 saturated carbocycles. The first-order chi connectivity index (χ1) is 18.5. The van der Waals surface area contributed by atoms with Gasteiger partial charge in [-0.05, 0) is 41.8 Å². The van der Waals surface area contributed by atoms with Crippen LogP contribution in [0, 0.1) is 0 Å². The van der Waals surface area contributed by atoms with Crippen molar-refractivity contribution in [1.82, 2.24) is 20.2 Å². The van der Waals surface area contributed by atoms with E-state index < -0.39 is 0 Å². The Kier molecular flexibility index (Phi) is 9.66. The number of para-hydroxylation sites is 1. The van der Waals surface area contributed by atoms with Gasteiger partial charge in [-0.15, -0.1) is 0 Å². The van der Waals surface area contributed by atoms with Gasteiger partial charge < -0.3 is 15.4 Å². The Hall–Kier alpha value is -3.95. The van der Waals surface area contributed by atoms with E-state index in [4.69, 9.17) is 4.74 Å². The molecule has 0 fully saturated rings. The zero-order chi connectivity index (χ0) is 26.7. The number of nitrogens with one attached hydrogen (secondary N) is 2. The molecular formula is C29H30N4O4S. The summed E-state index contributed by atoms with van der Waals surface area (Å²) in [5, 5.41) is 6.70. The molecule has 2 amide bonds. The number of benzene rings is 3. The first-order valence-electron chi connectivity index (χ1n) is 12.3. The van der Waals surface area contributed by atoms with Gasteiger partial charge in [0.25, 0.3) is 11.5 Å². The summed E-state index contributed by atoms with van der Waals surface area (Å²) in [5.41, 5.74) is 2.93. The second-order valence-electron chi connectivity index (χ2n) is 8.62. The Bertz CT molecular complexity index is 1440. The summed E-state index contributed by atoms with van der Waals surface area (Å²) in [7, 11) is 1.58. The van der Waals surface area contributed by atoms with Crippen LogP contribution in [0.1, 0.15) is 21.5 Å². The van der Waals surface area contributed by atoms with Crippen LogP contribution < -0.4 is 16.2 Å². The molecule has 0 aliphatic heterocycles. The lowest BCUT2D eigenvalue weighted by Gasteiger charge is -2.14. The highest BCUT2D eigenvalue weighted by Crippen LogP contribution is 2.19. The number of hydrogen-bond donors (Lipinski definition) is 2. The molecule has 8 nitrogen and oxygen atoms in total. The van der Waals surface area contributed by atoms with E-state index in [-0.39, 0.29) is 29.7 Å². The molecule has 9 heteroatoms. The summed E-state index contributed by atoms with van der Waals surface area (Å²) in [4.78, 5) is 42.9. The molecule has 0 unspecified atom stereocenters. The number of hydrogen-bond acceptors (Lipinski definition) is 6. The third-order valence-electron chi connectivity index (χ3n) is 5.89. The summed E-state index contributed by atoms with van der Waals surface area (Å²) in [6.07, 6.45) is 0.747. The second kappa shape index (κ2) is 13.6. The van der Waals surface area contributed by atoms with Gasteiger partial charge in [0.05, 0.1) is 29.8 Å². The maximum Gasteiger partial charge on any atom is 0.262 e. The lowest BCUT2D eigenvalue weighted by molar-refractivity contribution is -0.118. The number of aromatic nitrogens is 2. The summed E-state index contributed by atoms with van der Waals surface area (Å²) >= 11 is 1.23. The van der Waals surface area contributed by atoms with E-state index >= 15 is 0 Å². The molecule has 0 aliphatic rings. The van der Waals surface area contributed by atoms with E-state index in [2.05, 4.69) is 15.6 Å². The standard InChI is InChI=1S/C29H30N4O4S/c1-37-18-17-31-27(35)23-13-11-22(12-14-23)19-33-28(36)24-9-5-6-10-25(24)32-29(33)38-20-26(34)30-16-15-21-7-3-2-4-8-21/h2-14H,15-20H2,1H3,(H,30,34)(H,31,35). The average Bonchev–Trinajstić information content (AvgIpc) is 2.94. The Morgan fingerprint density at radius 2 is 1.63 bits per heavy atom. The fourth-order valence-corrected chi connectivity index (χ4v) is 4.71. The molecule has 0 radical (unpaired) electrons. The molecule has 4 rings (SSSR count). The zero-order valence-electron chi connectivity index (χ0n) is 21.2. The number of ether oxygens (including phenoxy) is 1. The molecule has 0 bridgehead atoms. The van der Waals surface area contributed by atoms with Gasteiger partial charge in [0.2, 0.25) is 5.91 Å². The predicted molar refractivity (Wildman–Crippen MR) is 150 cm³/mol. The van der Waals surface area contributed by atoms with Gasteiger partial charge in [0, 0.05) is 25.8 Å². The van der Waals surface area contributed by atoms with Gasteiger partial charge in [-0.2, -0.15) is 0 Å². The molecule has 0 spiro atoms. The number of thioether (sulfide) groups is 1. The Morgan fingerprint density at radius 3 is 2.39 bits per heavy atom. The largest absolute Gasteiger partial charge is 0.383 e. The second-order valence-corrected chi connectivity index (χ2v) is 9.57. The molecule has 1 aromatic heterocycles. The minimum atomic E-state index is -0.187. The van der Waals surface area contributed by atoms with Crippen molar-refractivity contribution in [3.05, 3.63) is 106 Å². The van der Waals surface area contributed by atoms with E-state index in [0.717, 1.165) is 17.5 Å². The number of carbonyl (C=O) groups excluding carboxylic acids is 2. The molecule has 2 N–H and O–H groups in total. The fourth-order valence-electron chi connectivity index (χ4n) is 3.88. The fraction of sp³-hybridized carbons (Fsp3) is 0.241. The quantitative estimate of drug-likeness (QED) is 0.166. The van der Waals surface area contributed by atoms with Crippen molar-refractivity contribution in [2.24, 2.45) is 0 Å². The third kappa shape index (κ3) is 7.30. The summed E-state index contributed by atoms with van der Waals surface area (Å²) in [5.74, 6) is -0.170. The van der Waals surface area contributed by atoms with Crippen LogP contribution in [-0.2, 0) is 22.5 Å². The van der Waals surface area contributed by atoms with Gasteiger partial charge >= 0.3 is 0 Å². The summed E-state index contributed by atoms with van der Waals surface area (Å²) in [6, 6.07) is 24.2. The first kappa shape index (κ1) is 27.1. The SMILES string of the molecule is COCCNC(=O)c1ccc(Cn2c(SCC(=O)NCCc3ccccc3)nc3ccccc3c2=O)cc1. The Morgan fingerprint density at radius 1 is 0.895 bits per heavy atom. The number of carbonyl (C=O) groups is 2. The van der Waals surface area contributed by atoms with E-state index in [1.54, 1.807) is 42.0 Å². The number of fused-ring (bicyclic) bond motifs is 1. The van der Waals surface area contributed by atoms with Gasteiger partial charge in [0.15, 0.2) is 5.16 Å². The van der Waals surface area contributed by atoms with Crippen molar-refractivity contribution in [2.75, 3.05) is 32.6 Å². The number of methoxy groups -OCH3 is 1. The van der Waals surface area contributed by atoms with Crippen molar-refractivity contribution >= 4 is 34.5 Å². The van der Waals surface area contributed by atoms with Gasteiger partial charge in [-0.25, -0.2) is 4.98 Å². The molecule has 4 aromatic rings. The molecule has 3 aromatic carbocycles. The summed E-state index contributed by atoms with van der Waals surface area (Å²) < 4.78 is 6.54. The van der Waals surface area contributed by atoms with Crippen LogP contribution in [0.25, 0.3) is 10.9 Å². The van der Waals surface area contributed by atoms with Crippen LogP contribution in [0.5, 0.6) is 0 Å². The molecule has 0 aliphatic carbocycles. The number of amides is 2. The smallest absolute Gasteiger partial charge is 0.262 e. The van der Waals surface area contributed by atoms with Crippen LogP contribution in [0.15, 0.2) is 88.8 Å². The molecule has 1 heterocycles. The van der Waals surface area contributed by atoms with Crippen LogP contribution in [-0.4, -0.2) is 53.9 Å². The molecule has 38 heavy (non-hydrogen) atoms. The lowest BCUT2D eigenvalue weighted by Crippen LogP contribution is -2.28. The highest BCUT2D eigenvalue weighted by molar-refractivity contribution is 7.99. The van der Waals surface area contributed by atoms with Crippen LogP contribution >= 0.6 is 11.8 Å². The topological polar surface area (TPSA) is 102 Å². The van der Waals surface area contributed by atoms with Crippen molar-refractivity contribution in [3.63, 3.8) is 0 Å². The van der Waals surface area contributed by atoms with E-state index in [1.165, 1.54) is 11.8 Å². The van der Waals surface area contributed by atoms with Crippen LogP contribution in [0.4, 0.5) is 0 Å². The highest BCUT2D eigenvalue weighted by atomic mass is 32.2. The van der Waals surface area contributed by atoms with Crippen molar-refractivity contribution in [2.45, 2.75) is 18.1 Å². The predicted octanol–water partition coefficient (Wildman–Crippen LogP) is 3.27. The van der Waals surface area contributed by atoms with E-state index in [1.807, 2.05) is 48.5 Å². The first-order valence-corrected chi connectivity index (χ1v) is 13.3. The normalized spacial score (nSPS) is 10.9. The molecular weight excluding hydrogens is 500 g/mol. The Balaban J connectivity index is 1.46. The number of nitrogens with zero attached hydrogens (tertiary/aromatic N) is 2. The van der Waals surface area contributed by atoms with Crippen LogP contribution in [0.2, 0.25) is 0 Å². The van der Waals surface area contributed by atoms with Gasteiger partial charge in [-0.3, -0.25) is 19.0 Å². The molecule has 0 saturated heterocycles. The average molecular weight is 531 g/mol. The monoisotopic (exact) mass is 530 g/mol. The maximum absolute atomic E-state index is 13.4. The molecule has 0 atom stereocenters. The van der Waals surface area contributed by atoms with Gasteiger partial charge in [-0.1, -0.05) is 66.4 Å². The Labute approximate surface area is 225 Å². The highest BCUT2D eigenvalue weighted by Gasteiger charge is 2.14. The third-order valence-corrected chi connectivity index (χ3v) is 6.86. The van der Waals surface area contributed by atoms with E-state index in [9.17, 15) is 14.4 Å². The van der Waals surface area contributed by atoms with Crippen molar-refractivity contribution in [3.8, 4) is 0 Å².